The molecular formula is C11H13N3. The van der Waals surface area contributed by atoms with Crippen LogP contribution in [0.2, 0.25) is 0 Å². The van der Waals surface area contributed by atoms with Gasteiger partial charge in [-0.2, -0.15) is 0 Å². The van der Waals surface area contributed by atoms with Gasteiger partial charge in [-0.25, -0.2) is 0 Å². The highest BCUT2D eigenvalue weighted by atomic mass is 14.9. The van der Waals surface area contributed by atoms with Crippen LogP contribution in [0.1, 0.15) is 24.3 Å². The van der Waals surface area contributed by atoms with Crippen LogP contribution < -0.4 is 5.32 Å². The van der Waals surface area contributed by atoms with Gasteiger partial charge in [-0.05, 0) is 43.5 Å². The predicted octanol–water partition coefficient (Wildman–Crippen LogP) is 2.10. The molecule has 1 N–H and O–H groups in total. The number of hydrogen-bond acceptors (Lipinski definition) is 2. The van der Waals surface area contributed by atoms with Crippen LogP contribution in [0.5, 0.6) is 0 Å². The van der Waals surface area contributed by atoms with Crippen LogP contribution in [0.3, 0.4) is 0 Å². The van der Waals surface area contributed by atoms with Crippen LogP contribution in [-0.4, -0.2) is 18.1 Å². The first-order valence-electron chi connectivity index (χ1n) is 4.94. The third-order valence-corrected chi connectivity index (χ3v) is 2.70. The van der Waals surface area contributed by atoms with Crippen LogP contribution in [0, 0.1) is 6.57 Å². The number of pyridine rings is 1. The molecule has 0 unspecified atom stereocenters. The maximum atomic E-state index is 6.81. The molecule has 1 aromatic rings. The Kier molecular flexibility index (Phi) is 2.76. The summed E-state index contributed by atoms with van der Waals surface area (Å²) in [5.74, 6) is 1.12. The molecular weight excluding hydrogens is 174 g/mol. The summed E-state index contributed by atoms with van der Waals surface area (Å²) in [6.07, 6.45) is 4.21. The lowest BCUT2D eigenvalue weighted by molar-refractivity contribution is 0.460. The fraction of sp³-hybridized carbons (Fsp3) is 0.455. The Balaban J connectivity index is 2.12. The molecule has 1 saturated heterocycles. The Morgan fingerprint density at radius 1 is 1.36 bits per heavy atom. The van der Waals surface area contributed by atoms with Crippen molar-refractivity contribution in [2.45, 2.75) is 18.8 Å². The van der Waals surface area contributed by atoms with Crippen molar-refractivity contribution < 1.29 is 0 Å². The largest absolute Gasteiger partial charge is 0.361 e. The molecule has 3 nitrogen and oxygen atoms in total. The summed E-state index contributed by atoms with van der Waals surface area (Å²) in [7, 11) is 0. The molecule has 0 atom stereocenters. The fourth-order valence-corrected chi connectivity index (χ4v) is 1.86. The molecule has 72 valence electrons. The molecule has 2 rings (SSSR count). The van der Waals surface area contributed by atoms with Crippen molar-refractivity contribution in [2.75, 3.05) is 13.1 Å². The number of aromatic nitrogens is 1. The summed E-state index contributed by atoms with van der Waals surface area (Å²) in [6, 6.07) is 3.85. The molecule has 0 aromatic carbocycles. The highest BCUT2D eigenvalue weighted by Gasteiger charge is 2.15. The molecule has 0 radical (unpaired) electrons. The number of hydrogen-bond donors (Lipinski definition) is 1. The van der Waals surface area contributed by atoms with E-state index in [4.69, 9.17) is 6.57 Å². The van der Waals surface area contributed by atoms with E-state index in [1.807, 2.05) is 18.3 Å². The van der Waals surface area contributed by atoms with Crippen molar-refractivity contribution in [3.63, 3.8) is 0 Å². The molecule has 0 aliphatic carbocycles. The Morgan fingerprint density at radius 3 is 2.71 bits per heavy atom. The van der Waals surface area contributed by atoms with Crippen LogP contribution in [0.25, 0.3) is 4.85 Å². The lowest BCUT2D eigenvalue weighted by Gasteiger charge is -2.21. The third kappa shape index (κ3) is 1.91. The molecule has 3 heteroatoms. The first kappa shape index (κ1) is 9.17. The van der Waals surface area contributed by atoms with Gasteiger partial charge in [0.15, 0.2) is 0 Å². The van der Waals surface area contributed by atoms with Crippen molar-refractivity contribution in [1.29, 1.82) is 0 Å². The zero-order chi connectivity index (χ0) is 9.80. The van der Waals surface area contributed by atoms with E-state index in [0.29, 0.717) is 11.7 Å². The van der Waals surface area contributed by atoms with Crippen molar-refractivity contribution in [3.05, 3.63) is 35.3 Å². The molecule has 2 heterocycles. The summed E-state index contributed by atoms with van der Waals surface area (Å²) >= 11 is 0. The van der Waals surface area contributed by atoms with E-state index in [9.17, 15) is 0 Å². The zero-order valence-corrected chi connectivity index (χ0v) is 8.03. The fourth-order valence-electron chi connectivity index (χ4n) is 1.86. The molecule has 14 heavy (non-hydrogen) atoms. The van der Waals surface area contributed by atoms with E-state index >= 15 is 0 Å². The molecule has 0 saturated carbocycles. The smallest absolute Gasteiger partial charge is 0.269 e. The summed E-state index contributed by atoms with van der Waals surface area (Å²) in [5, 5.41) is 3.34. The minimum Gasteiger partial charge on any atom is -0.361 e. The number of nitrogens with zero attached hydrogens (tertiary/aromatic N) is 2. The molecule has 0 bridgehead atoms. The monoisotopic (exact) mass is 187 g/mol. The Hall–Kier alpha value is -1.40. The number of rotatable bonds is 1. The van der Waals surface area contributed by atoms with Crippen molar-refractivity contribution in [3.8, 4) is 0 Å². The molecule has 0 amide bonds. The van der Waals surface area contributed by atoms with Crippen LogP contribution in [0.4, 0.5) is 5.82 Å². The summed E-state index contributed by atoms with van der Waals surface area (Å²) in [5.41, 5.74) is 1.28. The second-order valence-electron chi connectivity index (χ2n) is 3.59. The first-order valence-corrected chi connectivity index (χ1v) is 4.94. The molecule has 1 aromatic heterocycles. The average Bonchev–Trinajstić information content (AvgIpc) is 2.30. The van der Waals surface area contributed by atoms with E-state index < -0.39 is 0 Å². The third-order valence-electron chi connectivity index (χ3n) is 2.70. The van der Waals surface area contributed by atoms with Crippen molar-refractivity contribution in [1.82, 2.24) is 10.3 Å². The average molecular weight is 187 g/mol. The maximum Gasteiger partial charge on any atom is 0.269 e. The predicted molar refractivity (Wildman–Crippen MR) is 55.3 cm³/mol. The second kappa shape index (κ2) is 4.21. The Bertz CT molecular complexity index is 331. The highest BCUT2D eigenvalue weighted by molar-refractivity contribution is 5.37. The van der Waals surface area contributed by atoms with Crippen LogP contribution in [-0.2, 0) is 0 Å². The Labute approximate surface area is 84.0 Å². The molecule has 1 fully saturated rings. The van der Waals surface area contributed by atoms with Gasteiger partial charge in [0.05, 0.1) is 0 Å². The van der Waals surface area contributed by atoms with E-state index in [-0.39, 0.29) is 0 Å². The van der Waals surface area contributed by atoms with Crippen LogP contribution in [0.15, 0.2) is 18.3 Å². The number of piperidine rings is 1. The molecule has 1 aliphatic rings. The van der Waals surface area contributed by atoms with E-state index in [1.54, 1.807) is 0 Å². The summed E-state index contributed by atoms with van der Waals surface area (Å²) < 4.78 is 0. The van der Waals surface area contributed by atoms with E-state index in [2.05, 4.69) is 15.1 Å². The summed E-state index contributed by atoms with van der Waals surface area (Å²) in [6.45, 7) is 9.00. The van der Waals surface area contributed by atoms with Gasteiger partial charge in [0.2, 0.25) is 0 Å². The van der Waals surface area contributed by atoms with Gasteiger partial charge in [-0.15, -0.1) is 4.98 Å². The zero-order valence-electron chi connectivity index (χ0n) is 8.03. The summed E-state index contributed by atoms with van der Waals surface area (Å²) in [4.78, 5) is 7.38. The van der Waals surface area contributed by atoms with E-state index in [1.165, 1.54) is 18.4 Å². The Morgan fingerprint density at radius 2 is 2.14 bits per heavy atom. The van der Waals surface area contributed by atoms with Gasteiger partial charge in [0.25, 0.3) is 5.82 Å². The van der Waals surface area contributed by atoms with Gasteiger partial charge in [0.1, 0.15) is 6.20 Å². The van der Waals surface area contributed by atoms with Crippen molar-refractivity contribution >= 4 is 5.82 Å². The normalized spacial score (nSPS) is 17.6. The SMILES string of the molecule is [C-]#[N+]c1ccc(C2CCNCC2)cn1. The molecule has 1 aliphatic heterocycles. The lowest BCUT2D eigenvalue weighted by Crippen LogP contribution is -2.26. The van der Waals surface area contributed by atoms with Gasteiger partial charge in [-0.1, -0.05) is 12.6 Å². The quantitative estimate of drug-likeness (QED) is 0.682. The maximum absolute atomic E-state index is 6.81. The number of nitrogens with one attached hydrogen (secondary N) is 1. The van der Waals surface area contributed by atoms with Gasteiger partial charge < -0.3 is 10.2 Å². The topological polar surface area (TPSA) is 29.3 Å². The lowest BCUT2D eigenvalue weighted by atomic mass is 9.91. The van der Waals surface area contributed by atoms with E-state index in [0.717, 1.165) is 13.1 Å². The standard InChI is InChI=1S/C11H13N3/c1-12-11-3-2-10(8-14-11)9-4-6-13-7-5-9/h2-3,8-9,13H,4-7H2. The van der Waals surface area contributed by atoms with Crippen molar-refractivity contribution in [2.24, 2.45) is 0 Å². The minimum absolute atomic E-state index is 0.489. The van der Waals surface area contributed by atoms with Gasteiger partial charge in [0, 0.05) is 0 Å². The highest BCUT2D eigenvalue weighted by Crippen LogP contribution is 2.25. The molecule has 0 spiro atoms. The van der Waals surface area contributed by atoms with Gasteiger partial charge in [-0.3, -0.25) is 0 Å². The van der Waals surface area contributed by atoms with Gasteiger partial charge >= 0.3 is 0 Å². The minimum atomic E-state index is 0.489. The van der Waals surface area contributed by atoms with Crippen LogP contribution >= 0.6 is 0 Å². The first-order chi connectivity index (χ1) is 6.90. The second-order valence-corrected chi connectivity index (χ2v) is 3.59.